The predicted molar refractivity (Wildman–Crippen MR) is 82.4 cm³/mol. The summed E-state index contributed by atoms with van der Waals surface area (Å²) in [5.41, 5.74) is 1.20. The molecule has 104 valence electrons. The third-order valence-electron chi connectivity index (χ3n) is 2.69. The van der Waals surface area contributed by atoms with E-state index in [0.29, 0.717) is 22.8 Å². The maximum Gasteiger partial charge on any atom is 0.255 e. The second-order valence-corrected chi connectivity index (χ2v) is 4.84. The lowest BCUT2D eigenvalue weighted by atomic mass is 10.2. The molecule has 0 unspecified atom stereocenters. The Morgan fingerprint density at radius 1 is 1.30 bits per heavy atom. The van der Waals surface area contributed by atoms with Crippen LogP contribution in [0.3, 0.4) is 0 Å². The largest absolute Gasteiger partial charge is 0.495 e. The van der Waals surface area contributed by atoms with Crippen molar-refractivity contribution >= 4 is 33.3 Å². The van der Waals surface area contributed by atoms with E-state index >= 15 is 0 Å². The molecular formula is C14H14BrN3O2. The number of aromatic nitrogens is 1. The van der Waals surface area contributed by atoms with E-state index in [1.54, 1.807) is 44.6 Å². The van der Waals surface area contributed by atoms with Crippen molar-refractivity contribution in [1.29, 1.82) is 0 Å². The molecule has 20 heavy (non-hydrogen) atoms. The van der Waals surface area contributed by atoms with Gasteiger partial charge in [-0.2, -0.15) is 0 Å². The Bertz CT molecular complexity index is 632. The Morgan fingerprint density at radius 3 is 2.80 bits per heavy atom. The lowest BCUT2D eigenvalue weighted by Crippen LogP contribution is -2.12. The standard InChI is InChI=1S/C14H14BrN3O2/c1-16-13-7-9(5-6-17-13)14(19)18-10-3-4-11(15)12(8-10)20-2/h3-8H,1-2H3,(H,16,17)(H,18,19). The number of carbonyl (C=O) groups is 1. The predicted octanol–water partition coefficient (Wildman–Crippen LogP) is 3.15. The molecule has 0 fully saturated rings. The molecule has 2 aromatic rings. The molecule has 5 nitrogen and oxygen atoms in total. The minimum absolute atomic E-state index is 0.201. The zero-order chi connectivity index (χ0) is 14.5. The number of hydrogen-bond acceptors (Lipinski definition) is 4. The molecule has 2 rings (SSSR count). The van der Waals surface area contributed by atoms with Gasteiger partial charge in [-0.3, -0.25) is 4.79 Å². The number of benzene rings is 1. The van der Waals surface area contributed by atoms with Gasteiger partial charge in [-0.25, -0.2) is 4.98 Å². The van der Waals surface area contributed by atoms with Crippen LogP contribution in [0, 0.1) is 0 Å². The summed E-state index contributed by atoms with van der Waals surface area (Å²) in [6, 6.07) is 8.71. The normalized spacial score (nSPS) is 9.95. The van der Waals surface area contributed by atoms with Crippen LogP contribution < -0.4 is 15.4 Å². The number of anilines is 2. The summed E-state index contributed by atoms with van der Waals surface area (Å²) in [6.07, 6.45) is 1.59. The van der Waals surface area contributed by atoms with E-state index in [1.165, 1.54) is 0 Å². The smallest absolute Gasteiger partial charge is 0.255 e. The van der Waals surface area contributed by atoms with E-state index in [0.717, 1.165) is 4.47 Å². The zero-order valence-corrected chi connectivity index (χ0v) is 12.7. The van der Waals surface area contributed by atoms with Gasteiger partial charge in [0.25, 0.3) is 5.91 Å². The molecule has 0 saturated carbocycles. The Morgan fingerprint density at radius 2 is 2.10 bits per heavy atom. The fraction of sp³-hybridized carbons (Fsp3) is 0.143. The SMILES string of the molecule is CNc1cc(C(=O)Nc2ccc(Br)c(OC)c2)ccn1. The molecule has 6 heteroatoms. The Labute approximate surface area is 125 Å². The van der Waals surface area contributed by atoms with Crippen molar-refractivity contribution in [2.24, 2.45) is 0 Å². The van der Waals surface area contributed by atoms with Crippen LogP contribution in [0.4, 0.5) is 11.5 Å². The fourth-order valence-corrected chi connectivity index (χ4v) is 2.06. The van der Waals surface area contributed by atoms with Crippen molar-refractivity contribution in [2.75, 3.05) is 24.8 Å². The van der Waals surface area contributed by atoms with Gasteiger partial charge in [0.05, 0.1) is 11.6 Å². The molecule has 0 atom stereocenters. The third kappa shape index (κ3) is 3.27. The molecule has 0 radical (unpaired) electrons. The van der Waals surface area contributed by atoms with Crippen molar-refractivity contribution in [1.82, 2.24) is 4.98 Å². The molecule has 1 aromatic heterocycles. The summed E-state index contributed by atoms with van der Waals surface area (Å²) < 4.78 is 6.02. The molecule has 0 aliphatic carbocycles. The van der Waals surface area contributed by atoms with Gasteiger partial charge in [0, 0.05) is 30.6 Å². The number of rotatable bonds is 4. The Balaban J connectivity index is 2.18. The van der Waals surface area contributed by atoms with Crippen molar-refractivity contribution in [3.05, 3.63) is 46.6 Å². The van der Waals surface area contributed by atoms with E-state index in [-0.39, 0.29) is 5.91 Å². The summed E-state index contributed by atoms with van der Waals surface area (Å²) in [6.45, 7) is 0. The maximum absolute atomic E-state index is 12.1. The number of nitrogens with one attached hydrogen (secondary N) is 2. The summed E-state index contributed by atoms with van der Waals surface area (Å²) in [5, 5.41) is 5.71. The van der Waals surface area contributed by atoms with E-state index in [2.05, 4.69) is 31.5 Å². The second-order valence-electron chi connectivity index (χ2n) is 3.98. The number of hydrogen-bond donors (Lipinski definition) is 2. The monoisotopic (exact) mass is 335 g/mol. The summed E-state index contributed by atoms with van der Waals surface area (Å²) >= 11 is 3.37. The lowest BCUT2D eigenvalue weighted by molar-refractivity contribution is 0.102. The highest BCUT2D eigenvalue weighted by molar-refractivity contribution is 9.10. The Kier molecular flexibility index (Phi) is 4.57. The number of carbonyl (C=O) groups excluding carboxylic acids is 1. The van der Waals surface area contributed by atoms with Crippen molar-refractivity contribution < 1.29 is 9.53 Å². The molecule has 2 N–H and O–H groups in total. The summed E-state index contributed by atoms with van der Waals surface area (Å²) in [5.74, 6) is 1.10. The maximum atomic E-state index is 12.1. The molecule has 0 aliphatic rings. The molecule has 0 saturated heterocycles. The molecule has 1 aromatic carbocycles. The van der Waals surface area contributed by atoms with E-state index < -0.39 is 0 Å². The zero-order valence-electron chi connectivity index (χ0n) is 11.1. The first kappa shape index (κ1) is 14.3. The highest BCUT2D eigenvalue weighted by atomic mass is 79.9. The molecule has 1 amide bonds. The van der Waals surface area contributed by atoms with Crippen LogP contribution in [0.1, 0.15) is 10.4 Å². The summed E-state index contributed by atoms with van der Waals surface area (Å²) in [7, 11) is 3.33. The molecule has 1 heterocycles. The first-order valence-corrected chi connectivity index (χ1v) is 6.72. The number of nitrogens with zero attached hydrogens (tertiary/aromatic N) is 1. The number of pyridine rings is 1. The van der Waals surface area contributed by atoms with Crippen molar-refractivity contribution in [3.8, 4) is 5.75 Å². The van der Waals surface area contributed by atoms with Crippen LogP contribution >= 0.6 is 15.9 Å². The van der Waals surface area contributed by atoms with E-state index in [4.69, 9.17) is 4.74 Å². The van der Waals surface area contributed by atoms with Gasteiger partial charge in [0.15, 0.2) is 0 Å². The van der Waals surface area contributed by atoms with Crippen molar-refractivity contribution in [3.63, 3.8) is 0 Å². The molecule has 0 spiro atoms. The van der Waals surface area contributed by atoms with Crippen molar-refractivity contribution in [2.45, 2.75) is 0 Å². The van der Waals surface area contributed by atoms with Crippen LogP contribution in [-0.2, 0) is 0 Å². The minimum Gasteiger partial charge on any atom is -0.495 e. The lowest BCUT2D eigenvalue weighted by Gasteiger charge is -2.09. The van der Waals surface area contributed by atoms with Crippen LogP contribution in [0.25, 0.3) is 0 Å². The molecule has 0 aliphatic heterocycles. The number of ether oxygens (including phenoxy) is 1. The molecular weight excluding hydrogens is 322 g/mol. The van der Waals surface area contributed by atoms with Gasteiger partial charge in [-0.05, 0) is 40.2 Å². The quantitative estimate of drug-likeness (QED) is 0.900. The number of halogens is 1. The Hall–Kier alpha value is -2.08. The van der Waals surface area contributed by atoms with E-state index in [1.807, 2.05) is 6.07 Å². The van der Waals surface area contributed by atoms with Crippen LogP contribution in [0.15, 0.2) is 41.0 Å². The van der Waals surface area contributed by atoms with Crippen LogP contribution in [0.2, 0.25) is 0 Å². The third-order valence-corrected chi connectivity index (χ3v) is 3.34. The average molecular weight is 336 g/mol. The van der Waals surface area contributed by atoms with Gasteiger partial charge >= 0.3 is 0 Å². The first-order chi connectivity index (χ1) is 9.63. The average Bonchev–Trinajstić information content (AvgIpc) is 2.49. The van der Waals surface area contributed by atoms with Gasteiger partial charge in [0.2, 0.25) is 0 Å². The van der Waals surface area contributed by atoms with Crippen LogP contribution in [0.5, 0.6) is 5.75 Å². The highest BCUT2D eigenvalue weighted by Gasteiger charge is 2.08. The topological polar surface area (TPSA) is 63.2 Å². The highest BCUT2D eigenvalue weighted by Crippen LogP contribution is 2.28. The van der Waals surface area contributed by atoms with Gasteiger partial charge < -0.3 is 15.4 Å². The van der Waals surface area contributed by atoms with Crippen LogP contribution in [-0.4, -0.2) is 25.0 Å². The second kappa shape index (κ2) is 6.38. The fourth-order valence-electron chi connectivity index (χ4n) is 1.65. The van der Waals surface area contributed by atoms with E-state index in [9.17, 15) is 4.79 Å². The minimum atomic E-state index is -0.201. The first-order valence-electron chi connectivity index (χ1n) is 5.92. The van der Waals surface area contributed by atoms with Gasteiger partial charge in [0.1, 0.15) is 11.6 Å². The van der Waals surface area contributed by atoms with Gasteiger partial charge in [-0.15, -0.1) is 0 Å². The number of amides is 1. The molecule has 0 bridgehead atoms. The number of methoxy groups -OCH3 is 1. The van der Waals surface area contributed by atoms with Gasteiger partial charge in [-0.1, -0.05) is 0 Å². The summed E-state index contributed by atoms with van der Waals surface area (Å²) in [4.78, 5) is 16.2.